The van der Waals surface area contributed by atoms with Crippen LogP contribution in [0.2, 0.25) is 5.02 Å². The largest absolute Gasteiger partial charge is 0.373 e. The van der Waals surface area contributed by atoms with E-state index >= 15 is 0 Å². The molecule has 9 heteroatoms. The Hall–Kier alpha value is -2.52. The summed E-state index contributed by atoms with van der Waals surface area (Å²) in [5, 5.41) is 3.76. The Bertz CT molecular complexity index is 1240. The van der Waals surface area contributed by atoms with Gasteiger partial charge in [-0.2, -0.15) is 4.31 Å². The summed E-state index contributed by atoms with van der Waals surface area (Å²) in [7, 11) is -3.88. The minimum Gasteiger partial charge on any atom is -0.373 e. The highest BCUT2D eigenvalue weighted by Gasteiger charge is 2.33. The van der Waals surface area contributed by atoms with Gasteiger partial charge in [0.2, 0.25) is 10.0 Å². The summed E-state index contributed by atoms with van der Waals surface area (Å²) in [6, 6.07) is 13.3. The lowest BCUT2D eigenvalue weighted by Crippen LogP contribution is -2.48. The Labute approximate surface area is 186 Å². The molecule has 2 atom stereocenters. The van der Waals surface area contributed by atoms with Crippen LogP contribution in [0.3, 0.4) is 0 Å². The average molecular weight is 460 g/mol. The van der Waals surface area contributed by atoms with Gasteiger partial charge in [-0.3, -0.25) is 9.78 Å². The third kappa shape index (κ3) is 4.57. The maximum absolute atomic E-state index is 13.2. The zero-order valence-corrected chi connectivity index (χ0v) is 18.7. The van der Waals surface area contributed by atoms with E-state index < -0.39 is 15.9 Å². The van der Waals surface area contributed by atoms with E-state index in [2.05, 4.69) is 10.3 Å². The lowest BCUT2D eigenvalue weighted by atomic mass is 10.1. The number of carbonyl (C=O) groups excluding carboxylic acids is 1. The number of hydrogen-bond donors (Lipinski definition) is 1. The summed E-state index contributed by atoms with van der Waals surface area (Å²) in [6.45, 7) is 4.10. The molecule has 2 heterocycles. The molecule has 0 radical (unpaired) electrons. The summed E-state index contributed by atoms with van der Waals surface area (Å²) in [5.41, 5.74) is 1.60. The van der Waals surface area contributed by atoms with Gasteiger partial charge in [-0.15, -0.1) is 0 Å². The van der Waals surface area contributed by atoms with E-state index in [4.69, 9.17) is 16.3 Å². The number of amides is 1. The molecular weight excluding hydrogens is 438 g/mol. The van der Waals surface area contributed by atoms with Crippen molar-refractivity contribution in [3.63, 3.8) is 0 Å². The first-order valence-electron chi connectivity index (χ1n) is 9.85. The number of anilines is 1. The topological polar surface area (TPSA) is 88.6 Å². The number of carbonyl (C=O) groups is 1. The fraction of sp³-hybridized carbons (Fsp3) is 0.273. The second-order valence-corrected chi connectivity index (χ2v) is 9.90. The highest BCUT2D eigenvalue weighted by Crippen LogP contribution is 2.28. The fourth-order valence-electron chi connectivity index (χ4n) is 3.66. The molecule has 1 N–H and O–H groups in total. The molecule has 1 aromatic heterocycles. The standard InChI is InChI=1S/C22H22ClN3O4S/c1-14-12-26(13-15(2)30-14)31(28,29)21-11-17(5-7-19(21)23)22(27)25-18-6-8-20-16(10-18)4-3-9-24-20/h3-11,14-15H,12-13H2,1-2H3,(H,25,27). The van der Waals surface area contributed by atoms with E-state index in [1.807, 2.05) is 38.1 Å². The molecule has 2 unspecified atom stereocenters. The van der Waals surface area contributed by atoms with Crippen LogP contribution in [0.15, 0.2) is 59.6 Å². The molecule has 31 heavy (non-hydrogen) atoms. The van der Waals surface area contributed by atoms with Crippen molar-refractivity contribution in [2.45, 2.75) is 31.0 Å². The molecule has 2 aromatic carbocycles. The van der Waals surface area contributed by atoms with Gasteiger partial charge in [-0.25, -0.2) is 8.42 Å². The maximum Gasteiger partial charge on any atom is 0.255 e. The van der Waals surface area contributed by atoms with Gasteiger partial charge in [-0.1, -0.05) is 17.7 Å². The molecule has 3 aromatic rings. The smallest absolute Gasteiger partial charge is 0.255 e. The fourth-order valence-corrected chi connectivity index (χ4v) is 5.76. The first kappa shape index (κ1) is 21.7. The van der Waals surface area contributed by atoms with E-state index in [1.165, 1.54) is 22.5 Å². The molecule has 0 bridgehead atoms. The SMILES string of the molecule is CC1CN(S(=O)(=O)c2cc(C(=O)Nc3ccc4ncccc4c3)ccc2Cl)CC(C)O1. The Morgan fingerprint density at radius 2 is 1.87 bits per heavy atom. The van der Waals surface area contributed by atoms with E-state index in [9.17, 15) is 13.2 Å². The Morgan fingerprint density at radius 3 is 2.61 bits per heavy atom. The van der Waals surface area contributed by atoms with Gasteiger partial charge in [0.05, 0.1) is 22.7 Å². The second-order valence-electron chi connectivity index (χ2n) is 7.59. The van der Waals surface area contributed by atoms with Crippen LogP contribution < -0.4 is 5.32 Å². The quantitative estimate of drug-likeness (QED) is 0.638. The number of aromatic nitrogens is 1. The van der Waals surface area contributed by atoms with Crippen LogP contribution >= 0.6 is 11.6 Å². The minimum atomic E-state index is -3.88. The summed E-state index contributed by atoms with van der Waals surface area (Å²) in [5.74, 6) is -0.430. The van der Waals surface area contributed by atoms with Crippen LogP contribution in [-0.2, 0) is 14.8 Å². The zero-order chi connectivity index (χ0) is 22.2. The van der Waals surface area contributed by atoms with Crippen molar-refractivity contribution in [3.8, 4) is 0 Å². The molecule has 0 saturated carbocycles. The Kier molecular flexibility index (Phi) is 5.98. The first-order valence-corrected chi connectivity index (χ1v) is 11.7. The average Bonchev–Trinajstić information content (AvgIpc) is 2.73. The number of nitrogens with one attached hydrogen (secondary N) is 1. The number of hydrogen-bond acceptors (Lipinski definition) is 5. The van der Waals surface area contributed by atoms with Crippen molar-refractivity contribution in [3.05, 3.63) is 65.3 Å². The van der Waals surface area contributed by atoms with Crippen molar-refractivity contribution in [1.82, 2.24) is 9.29 Å². The van der Waals surface area contributed by atoms with Gasteiger partial charge in [0.15, 0.2) is 0 Å². The molecule has 0 spiro atoms. The number of sulfonamides is 1. The number of rotatable bonds is 4. The van der Waals surface area contributed by atoms with Crippen LogP contribution in [0.1, 0.15) is 24.2 Å². The minimum absolute atomic E-state index is 0.0696. The summed E-state index contributed by atoms with van der Waals surface area (Å²) in [6.07, 6.45) is 1.24. The molecule has 1 aliphatic rings. The first-order chi connectivity index (χ1) is 14.7. The third-order valence-electron chi connectivity index (χ3n) is 5.06. The van der Waals surface area contributed by atoms with Crippen LogP contribution in [0.5, 0.6) is 0 Å². The van der Waals surface area contributed by atoms with E-state index in [0.29, 0.717) is 5.69 Å². The molecule has 4 rings (SSSR count). The number of ether oxygens (including phenoxy) is 1. The van der Waals surface area contributed by atoms with Gasteiger partial charge in [0, 0.05) is 35.9 Å². The van der Waals surface area contributed by atoms with Crippen LogP contribution in [0.4, 0.5) is 5.69 Å². The normalized spacial score (nSPS) is 20.0. The van der Waals surface area contributed by atoms with Gasteiger partial charge in [0.1, 0.15) is 4.90 Å². The van der Waals surface area contributed by atoms with Gasteiger partial charge >= 0.3 is 0 Å². The predicted octanol–water partition coefficient (Wildman–Crippen LogP) is 3.94. The number of benzene rings is 2. The molecule has 1 aliphatic heterocycles. The van der Waals surface area contributed by atoms with Crippen LogP contribution in [0, 0.1) is 0 Å². The number of halogens is 1. The Balaban J connectivity index is 1.61. The molecule has 1 amide bonds. The van der Waals surface area contributed by atoms with Crippen molar-refractivity contribution in [2.24, 2.45) is 0 Å². The predicted molar refractivity (Wildman–Crippen MR) is 120 cm³/mol. The molecular formula is C22H22ClN3O4S. The van der Waals surface area contributed by atoms with Gasteiger partial charge in [0.25, 0.3) is 5.91 Å². The van der Waals surface area contributed by atoms with Crippen molar-refractivity contribution in [1.29, 1.82) is 0 Å². The molecule has 1 fully saturated rings. The van der Waals surface area contributed by atoms with E-state index in [1.54, 1.807) is 12.3 Å². The number of nitrogens with zero attached hydrogens (tertiary/aromatic N) is 2. The Morgan fingerprint density at radius 1 is 1.13 bits per heavy atom. The van der Waals surface area contributed by atoms with Crippen molar-refractivity contribution < 1.29 is 17.9 Å². The number of pyridine rings is 1. The second kappa shape index (κ2) is 8.55. The van der Waals surface area contributed by atoms with Crippen molar-refractivity contribution in [2.75, 3.05) is 18.4 Å². The lowest BCUT2D eigenvalue weighted by Gasteiger charge is -2.34. The maximum atomic E-state index is 13.2. The van der Waals surface area contributed by atoms with Gasteiger partial charge in [-0.05, 0) is 56.3 Å². The van der Waals surface area contributed by atoms with Crippen molar-refractivity contribution >= 4 is 44.1 Å². The molecule has 162 valence electrons. The highest BCUT2D eigenvalue weighted by atomic mass is 35.5. The summed E-state index contributed by atoms with van der Waals surface area (Å²) in [4.78, 5) is 17.0. The lowest BCUT2D eigenvalue weighted by molar-refractivity contribution is -0.0440. The monoisotopic (exact) mass is 459 g/mol. The van der Waals surface area contributed by atoms with E-state index in [0.717, 1.165) is 10.9 Å². The number of fused-ring (bicyclic) bond motifs is 1. The van der Waals surface area contributed by atoms with Crippen LogP contribution in [-0.4, -0.2) is 48.9 Å². The van der Waals surface area contributed by atoms with Crippen LogP contribution in [0.25, 0.3) is 10.9 Å². The number of morpholine rings is 1. The van der Waals surface area contributed by atoms with E-state index in [-0.39, 0.29) is 40.8 Å². The molecule has 7 nitrogen and oxygen atoms in total. The zero-order valence-electron chi connectivity index (χ0n) is 17.1. The summed E-state index contributed by atoms with van der Waals surface area (Å²) < 4.78 is 33.4. The molecule has 0 aliphatic carbocycles. The van der Waals surface area contributed by atoms with Gasteiger partial charge < -0.3 is 10.1 Å². The highest BCUT2D eigenvalue weighted by molar-refractivity contribution is 7.89. The summed E-state index contributed by atoms with van der Waals surface area (Å²) >= 11 is 6.23. The third-order valence-corrected chi connectivity index (χ3v) is 7.37. The molecule has 1 saturated heterocycles.